The molecule has 1 aromatic heterocycles. The van der Waals surface area contributed by atoms with E-state index in [2.05, 4.69) is 48.2 Å². The van der Waals surface area contributed by atoms with Crippen LogP contribution in [0.2, 0.25) is 0 Å². The molecule has 0 aliphatic heterocycles. The minimum atomic E-state index is 0.563. The first-order valence-corrected chi connectivity index (χ1v) is 6.67. The van der Waals surface area contributed by atoms with Gasteiger partial charge in [-0.15, -0.1) is 11.3 Å². The van der Waals surface area contributed by atoms with Gasteiger partial charge >= 0.3 is 0 Å². The van der Waals surface area contributed by atoms with E-state index in [0.717, 1.165) is 11.8 Å². The van der Waals surface area contributed by atoms with Crippen LogP contribution < -0.4 is 5.32 Å². The molecule has 1 aromatic rings. The Labute approximate surface area is 98.0 Å². The first-order chi connectivity index (χ1) is 6.63. The Morgan fingerprint density at radius 2 is 2.29 bits per heavy atom. The lowest BCUT2D eigenvalue weighted by molar-refractivity contribution is 0.503. The van der Waals surface area contributed by atoms with Gasteiger partial charge in [0.25, 0.3) is 0 Å². The molecule has 1 fully saturated rings. The van der Waals surface area contributed by atoms with Crippen molar-refractivity contribution >= 4 is 27.3 Å². The first-order valence-electron chi connectivity index (χ1n) is 5.06. The van der Waals surface area contributed by atoms with Gasteiger partial charge in [0.1, 0.15) is 0 Å². The lowest BCUT2D eigenvalue weighted by Crippen LogP contribution is -2.19. The van der Waals surface area contributed by atoms with E-state index in [0.29, 0.717) is 6.04 Å². The van der Waals surface area contributed by atoms with Gasteiger partial charge in [0.15, 0.2) is 0 Å². The summed E-state index contributed by atoms with van der Waals surface area (Å²) in [6, 6.07) is 2.83. The van der Waals surface area contributed by atoms with Crippen molar-refractivity contribution in [1.82, 2.24) is 5.32 Å². The van der Waals surface area contributed by atoms with Crippen molar-refractivity contribution in [2.75, 3.05) is 7.05 Å². The second kappa shape index (κ2) is 3.95. The zero-order valence-electron chi connectivity index (χ0n) is 8.80. The van der Waals surface area contributed by atoms with Gasteiger partial charge in [-0.05, 0) is 59.8 Å². The molecule has 0 amide bonds. The summed E-state index contributed by atoms with van der Waals surface area (Å²) in [6.07, 6.45) is 1.37. The van der Waals surface area contributed by atoms with E-state index in [1.807, 2.05) is 11.3 Å². The van der Waals surface area contributed by atoms with Crippen molar-refractivity contribution < 1.29 is 0 Å². The fraction of sp³-hybridized carbons (Fsp3) is 0.636. The van der Waals surface area contributed by atoms with E-state index in [-0.39, 0.29) is 0 Å². The average Bonchev–Trinajstić information content (AvgIpc) is 2.72. The fourth-order valence-corrected chi connectivity index (χ4v) is 3.94. The molecule has 1 heterocycles. The maximum Gasteiger partial charge on any atom is 0.0704 e. The molecule has 0 aromatic carbocycles. The van der Waals surface area contributed by atoms with Crippen molar-refractivity contribution in [2.24, 2.45) is 11.8 Å². The Kier molecular flexibility index (Phi) is 3.01. The third-order valence-corrected chi connectivity index (χ3v) is 4.74. The second-order valence-electron chi connectivity index (χ2n) is 4.21. The summed E-state index contributed by atoms with van der Waals surface area (Å²) in [6.45, 7) is 4.55. The standard InChI is InChI=1S/C11H16BrNS/c1-6-4-8(6)11(13-3)9-5-10(12)14-7(9)2/h5-6,8,11,13H,4H2,1-3H3. The van der Waals surface area contributed by atoms with Gasteiger partial charge < -0.3 is 5.32 Å². The Morgan fingerprint density at radius 1 is 1.64 bits per heavy atom. The van der Waals surface area contributed by atoms with Gasteiger partial charge in [0.05, 0.1) is 3.79 Å². The number of halogens is 1. The SMILES string of the molecule is CNC(c1cc(Br)sc1C)C1CC1C. The maximum absolute atomic E-state index is 3.56. The van der Waals surface area contributed by atoms with Crippen LogP contribution in [0, 0.1) is 18.8 Å². The highest BCUT2D eigenvalue weighted by Gasteiger charge is 2.40. The lowest BCUT2D eigenvalue weighted by atomic mass is 10.0. The topological polar surface area (TPSA) is 12.0 Å². The van der Waals surface area contributed by atoms with E-state index >= 15 is 0 Å². The number of thiophene rings is 1. The Morgan fingerprint density at radius 3 is 2.64 bits per heavy atom. The number of aryl methyl sites for hydroxylation is 1. The van der Waals surface area contributed by atoms with Gasteiger partial charge in [-0.25, -0.2) is 0 Å². The van der Waals surface area contributed by atoms with Crippen molar-refractivity contribution in [3.05, 3.63) is 20.3 Å². The molecule has 1 aliphatic rings. The highest BCUT2D eigenvalue weighted by atomic mass is 79.9. The van der Waals surface area contributed by atoms with Crippen LogP contribution in [0.3, 0.4) is 0 Å². The minimum Gasteiger partial charge on any atom is -0.313 e. The lowest BCUT2D eigenvalue weighted by Gasteiger charge is -2.15. The first kappa shape index (κ1) is 10.7. The largest absolute Gasteiger partial charge is 0.313 e. The molecule has 0 radical (unpaired) electrons. The molecular weight excluding hydrogens is 258 g/mol. The predicted octanol–water partition coefficient (Wildman–Crippen LogP) is 3.74. The molecule has 1 nitrogen and oxygen atoms in total. The molecule has 3 heteroatoms. The van der Waals surface area contributed by atoms with E-state index < -0.39 is 0 Å². The summed E-state index contributed by atoms with van der Waals surface area (Å²) in [5.74, 6) is 1.74. The van der Waals surface area contributed by atoms with Gasteiger partial charge in [-0.2, -0.15) is 0 Å². The van der Waals surface area contributed by atoms with E-state index in [1.54, 1.807) is 0 Å². The molecule has 2 rings (SSSR count). The minimum absolute atomic E-state index is 0.563. The fourth-order valence-electron chi connectivity index (χ4n) is 2.18. The summed E-state index contributed by atoms with van der Waals surface area (Å²) in [7, 11) is 2.07. The summed E-state index contributed by atoms with van der Waals surface area (Å²) in [5, 5.41) is 3.45. The molecule has 0 saturated heterocycles. The molecule has 1 aliphatic carbocycles. The average molecular weight is 274 g/mol. The van der Waals surface area contributed by atoms with E-state index in [4.69, 9.17) is 0 Å². The van der Waals surface area contributed by atoms with Crippen molar-refractivity contribution in [3.8, 4) is 0 Å². The zero-order valence-corrected chi connectivity index (χ0v) is 11.2. The van der Waals surface area contributed by atoms with E-state index in [1.165, 1.54) is 20.6 Å². The van der Waals surface area contributed by atoms with Gasteiger partial charge in [-0.1, -0.05) is 6.92 Å². The molecule has 3 atom stereocenters. The molecule has 1 saturated carbocycles. The third kappa shape index (κ3) is 1.90. The van der Waals surface area contributed by atoms with Crippen LogP contribution in [0.25, 0.3) is 0 Å². The van der Waals surface area contributed by atoms with Crippen LogP contribution in [-0.4, -0.2) is 7.05 Å². The van der Waals surface area contributed by atoms with Gasteiger partial charge in [0, 0.05) is 10.9 Å². The highest BCUT2D eigenvalue weighted by molar-refractivity contribution is 9.11. The normalized spacial score (nSPS) is 27.7. The summed E-state index contributed by atoms with van der Waals surface area (Å²) < 4.78 is 1.25. The number of hydrogen-bond donors (Lipinski definition) is 1. The van der Waals surface area contributed by atoms with Crippen LogP contribution in [0.5, 0.6) is 0 Å². The second-order valence-corrected chi connectivity index (χ2v) is 6.84. The van der Waals surface area contributed by atoms with Crippen molar-refractivity contribution in [2.45, 2.75) is 26.3 Å². The monoisotopic (exact) mass is 273 g/mol. The van der Waals surface area contributed by atoms with Crippen molar-refractivity contribution in [3.63, 3.8) is 0 Å². The molecule has 78 valence electrons. The van der Waals surface area contributed by atoms with E-state index in [9.17, 15) is 0 Å². The molecule has 1 N–H and O–H groups in total. The van der Waals surface area contributed by atoms with Crippen LogP contribution in [-0.2, 0) is 0 Å². The molecule has 14 heavy (non-hydrogen) atoms. The number of hydrogen-bond acceptors (Lipinski definition) is 2. The maximum atomic E-state index is 3.56. The summed E-state index contributed by atoms with van der Waals surface area (Å²) in [4.78, 5) is 1.44. The molecular formula is C11H16BrNS. The summed E-state index contributed by atoms with van der Waals surface area (Å²) >= 11 is 5.39. The number of nitrogens with one attached hydrogen (secondary N) is 1. The van der Waals surface area contributed by atoms with Crippen LogP contribution >= 0.6 is 27.3 Å². The van der Waals surface area contributed by atoms with Gasteiger partial charge in [0.2, 0.25) is 0 Å². The number of rotatable bonds is 3. The Bertz CT molecular complexity index is 334. The van der Waals surface area contributed by atoms with Crippen LogP contribution in [0.4, 0.5) is 0 Å². The molecule has 3 unspecified atom stereocenters. The van der Waals surface area contributed by atoms with Gasteiger partial charge in [-0.3, -0.25) is 0 Å². The molecule has 0 bridgehead atoms. The smallest absolute Gasteiger partial charge is 0.0704 e. The molecule has 0 spiro atoms. The van der Waals surface area contributed by atoms with Crippen molar-refractivity contribution in [1.29, 1.82) is 0 Å². The van der Waals surface area contributed by atoms with Crippen LogP contribution in [0.1, 0.15) is 29.8 Å². The Hall–Kier alpha value is 0.140. The Balaban J connectivity index is 2.23. The quantitative estimate of drug-likeness (QED) is 0.885. The van der Waals surface area contributed by atoms with Crippen LogP contribution in [0.15, 0.2) is 9.85 Å². The highest BCUT2D eigenvalue weighted by Crippen LogP contribution is 2.48. The summed E-state index contributed by atoms with van der Waals surface area (Å²) in [5.41, 5.74) is 1.48. The predicted molar refractivity (Wildman–Crippen MR) is 65.8 cm³/mol. The zero-order chi connectivity index (χ0) is 10.3. The third-order valence-electron chi connectivity index (χ3n) is 3.17.